The zero-order valence-corrected chi connectivity index (χ0v) is 15.3. The normalized spacial score (nSPS) is 11.3. The average molecular weight is 369 g/mol. The van der Waals surface area contributed by atoms with Crippen LogP contribution in [0.5, 0.6) is 0 Å². The highest BCUT2D eigenvalue weighted by Gasteiger charge is 2.18. The molecule has 1 aromatic carbocycles. The summed E-state index contributed by atoms with van der Waals surface area (Å²) in [5, 5.41) is 2.68. The average Bonchev–Trinajstić information content (AvgIpc) is 3.13. The highest BCUT2D eigenvalue weighted by atomic mass is 19.1. The van der Waals surface area contributed by atoms with Gasteiger partial charge in [-0.15, -0.1) is 0 Å². The van der Waals surface area contributed by atoms with Crippen molar-refractivity contribution in [2.24, 2.45) is 0 Å². The molecule has 0 bridgehead atoms. The molecular weight excluding hydrogens is 349 g/mol. The van der Waals surface area contributed by atoms with E-state index in [9.17, 15) is 9.18 Å². The molecule has 3 aromatic rings. The van der Waals surface area contributed by atoms with Crippen LogP contribution in [0.2, 0.25) is 0 Å². The quantitative estimate of drug-likeness (QED) is 0.729. The summed E-state index contributed by atoms with van der Waals surface area (Å²) >= 11 is 0. The molecule has 2 heterocycles. The Labute approximate surface area is 156 Å². The molecule has 1 amide bonds. The number of carbonyl (C=O) groups is 1. The maximum atomic E-state index is 13.2. The summed E-state index contributed by atoms with van der Waals surface area (Å²) < 4.78 is 23.8. The molecule has 0 saturated heterocycles. The summed E-state index contributed by atoms with van der Waals surface area (Å²) in [6, 6.07) is 7.96. The first-order chi connectivity index (χ1) is 12.8. The van der Waals surface area contributed by atoms with Crippen LogP contribution in [0.3, 0.4) is 0 Å². The Morgan fingerprint density at radius 3 is 2.56 bits per heavy atom. The van der Waals surface area contributed by atoms with Crippen molar-refractivity contribution < 1.29 is 18.3 Å². The first kappa shape index (κ1) is 18.6. The monoisotopic (exact) mass is 369 g/mol. The van der Waals surface area contributed by atoms with E-state index in [0.717, 1.165) is 11.1 Å². The molecule has 0 unspecified atom stereocenters. The van der Waals surface area contributed by atoms with Crippen LogP contribution in [-0.4, -0.2) is 21.7 Å². The topological polar surface area (TPSA) is 77.2 Å². The molecule has 6 nitrogen and oxygen atoms in total. The fourth-order valence-electron chi connectivity index (χ4n) is 2.45. The zero-order valence-electron chi connectivity index (χ0n) is 15.3. The fourth-order valence-corrected chi connectivity index (χ4v) is 2.45. The number of nitrogens with zero attached hydrogens (tertiary/aromatic N) is 2. The smallest absolute Gasteiger partial charge is 0.407 e. The minimum Gasteiger partial charge on any atom is -0.444 e. The Hall–Kier alpha value is -3.22. The van der Waals surface area contributed by atoms with E-state index in [1.807, 2.05) is 6.07 Å². The van der Waals surface area contributed by atoms with E-state index in [-0.39, 0.29) is 12.4 Å². The second-order valence-corrected chi connectivity index (χ2v) is 6.92. The fraction of sp³-hybridized carbons (Fsp3) is 0.250. The van der Waals surface area contributed by atoms with Gasteiger partial charge in [-0.1, -0.05) is 12.1 Å². The van der Waals surface area contributed by atoms with E-state index in [4.69, 9.17) is 9.15 Å². The largest absolute Gasteiger partial charge is 0.444 e. The van der Waals surface area contributed by atoms with E-state index in [1.165, 1.54) is 24.6 Å². The van der Waals surface area contributed by atoms with Gasteiger partial charge in [0.2, 0.25) is 5.89 Å². The molecule has 0 atom stereocenters. The molecule has 140 valence electrons. The van der Waals surface area contributed by atoms with Crippen LogP contribution in [0.25, 0.3) is 22.6 Å². The van der Waals surface area contributed by atoms with Gasteiger partial charge in [0.1, 0.15) is 17.7 Å². The van der Waals surface area contributed by atoms with E-state index in [2.05, 4.69) is 15.3 Å². The minimum absolute atomic E-state index is 0.149. The second kappa shape index (κ2) is 7.57. The summed E-state index contributed by atoms with van der Waals surface area (Å²) in [4.78, 5) is 20.5. The Morgan fingerprint density at radius 2 is 1.93 bits per heavy atom. The number of amides is 1. The van der Waals surface area contributed by atoms with Crippen LogP contribution in [-0.2, 0) is 11.3 Å². The van der Waals surface area contributed by atoms with Gasteiger partial charge in [0, 0.05) is 11.8 Å². The number of carbonyl (C=O) groups excluding carboxylic acids is 1. The van der Waals surface area contributed by atoms with Crippen LogP contribution in [0.15, 0.2) is 53.4 Å². The highest BCUT2D eigenvalue weighted by molar-refractivity contribution is 5.71. The summed E-state index contributed by atoms with van der Waals surface area (Å²) in [5.74, 6) is 0.0743. The van der Waals surface area contributed by atoms with Crippen molar-refractivity contribution in [2.45, 2.75) is 32.9 Å². The van der Waals surface area contributed by atoms with Crippen molar-refractivity contribution in [3.8, 4) is 22.6 Å². The number of hydrogen-bond donors (Lipinski definition) is 1. The molecular formula is C20H20FN3O3. The van der Waals surface area contributed by atoms with Crippen molar-refractivity contribution in [3.05, 3.63) is 60.5 Å². The molecule has 0 aliphatic heterocycles. The van der Waals surface area contributed by atoms with Gasteiger partial charge in [-0.3, -0.25) is 4.98 Å². The molecule has 0 spiro atoms. The molecule has 7 heteroatoms. The van der Waals surface area contributed by atoms with Gasteiger partial charge >= 0.3 is 6.09 Å². The Kier molecular flexibility index (Phi) is 5.21. The minimum atomic E-state index is -0.588. The molecule has 0 aliphatic rings. The first-order valence-corrected chi connectivity index (χ1v) is 8.43. The van der Waals surface area contributed by atoms with Crippen molar-refractivity contribution in [3.63, 3.8) is 0 Å². The van der Waals surface area contributed by atoms with E-state index >= 15 is 0 Å². The summed E-state index contributed by atoms with van der Waals surface area (Å²) in [5.41, 5.74) is 2.22. The number of hydrogen-bond acceptors (Lipinski definition) is 5. The van der Waals surface area contributed by atoms with Crippen molar-refractivity contribution in [2.75, 3.05) is 0 Å². The van der Waals surface area contributed by atoms with Gasteiger partial charge < -0.3 is 14.5 Å². The lowest BCUT2D eigenvalue weighted by atomic mass is 10.0. The van der Waals surface area contributed by atoms with Crippen molar-refractivity contribution in [1.29, 1.82) is 0 Å². The third kappa shape index (κ3) is 4.91. The maximum absolute atomic E-state index is 13.2. The zero-order chi connectivity index (χ0) is 19.4. The van der Waals surface area contributed by atoms with E-state index < -0.39 is 11.7 Å². The molecule has 0 fully saturated rings. The van der Waals surface area contributed by atoms with Gasteiger partial charge in [0.15, 0.2) is 0 Å². The first-order valence-electron chi connectivity index (χ1n) is 8.43. The van der Waals surface area contributed by atoms with Gasteiger partial charge in [-0.05, 0) is 44.5 Å². The Morgan fingerprint density at radius 1 is 1.19 bits per heavy atom. The molecule has 0 aliphatic carbocycles. The summed E-state index contributed by atoms with van der Waals surface area (Å²) in [6.07, 6.45) is 4.12. The third-order valence-corrected chi connectivity index (χ3v) is 3.61. The Balaban J connectivity index is 1.87. The van der Waals surface area contributed by atoms with Gasteiger partial charge in [0.05, 0.1) is 24.0 Å². The maximum Gasteiger partial charge on any atom is 0.407 e. The molecule has 0 saturated carbocycles. The number of alkyl carbamates (subject to hydrolysis) is 1. The number of rotatable bonds is 4. The van der Waals surface area contributed by atoms with Crippen molar-refractivity contribution in [1.82, 2.24) is 15.3 Å². The van der Waals surface area contributed by atoms with Crippen LogP contribution in [0, 0.1) is 5.82 Å². The number of ether oxygens (including phenoxy) is 1. The van der Waals surface area contributed by atoms with E-state index in [1.54, 1.807) is 39.1 Å². The SMILES string of the molecule is CC(C)(C)OC(=O)NCc1ncc(-c2ccc(F)cc2)cc1-c1ncco1. The van der Waals surface area contributed by atoms with Gasteiger partial charge in [-0.25, -0.2) is 14.2 Å². The van der Waals surface area contributed by atoms with Crippen molar-refractivity contribution >= 4 is 6.09 Å². The van der Waals surface area contributed by atoms with Gasteiger partial charge in [-0.2, -0.15) is 0 Å². The third-order valence-electron chi connectivity index (χ3n) is 3.61. The lowest BCUT2D eigenvalue weighted by Crippen LogP contribution is -2.32. The van der Waals surface area contributed by atoms with Gasteiger partial charge in [0.25, 0.3) is 0 Å². The standard InChI is InChI=1S/C20H20FN3O3/c1-20(2,3)27-19(25)24-12-17-16(18-22-8-9-26-18)10-14(11-23-17)13-4-6-15(21)7-5-13/h4-11H,12H2,1-3H3,(H,24,25). The molecule has 3 rings (SSSR count). The number of halogens is 1. The Bertz CT molecular complexity index is 917. The highest BCUT2D eigenvalue weighted by Crippen LogP contribution is 2.27. The molecule has 1 N–H and O–H groups in total. The number of pyridine rings is 1. The molecule has 0 radical (unpaired) electrons. The van der Waals surface area contributed by atoms with E-state index in [0.29, 0.717) is 17.1 Å². The predicted molar refractivity (Wildman–Crippen MR) is 98.2 cm³/mol. The second-order valence-electron chi connectivity index (χ2n) is 6.92. The number of benzene rings is 1. The number of oxazole rings is 1. The summed E-state index contributed by atoms with van der Waals surface area (Å²) in [7, 11) is 0. The number of aromatic nitrogens is 2. The molecule has 2 aromatic heterocycles. The number of nitrogens with one attached hydrogen (secondary N) is 1. The van der Waals surface area contributed by atoms with Crippen LogP contribution in [0.1, 0.15) is 26.5 Å². The lowest BCUT2D eigenvalue weighted by Gasteiger charge is -2.19. The molecule has 27 heavy (non-hydrogen) atoms. The van der Waals surface area contributed by atoms with Crippen LogP contribution in [0.4, 0.5) is 9.18 Å². The van der Waals surface area contributed by atoms with Crippen LogP contribution < -0.4 is 5.32 Å². The predicted octanol–water partition coefficient (Wildman–Crippen LogP) is 4.57. The van der Waals surface area contributed by atoms with Crippen LogP contribution >= 0.6 is 0 Å². The lowest BCUT2D eigenvalue weighted by molar-refractivity contribution is 0.0523. The summed E-state index contributed by atoms with van der Waals surface area (Å²) in [6.45, 7) is 5.53.